The summed E-state index contributed by atoms with van der Waals surface area (Å²) in [7, 11) is 0. The van der Waals surface area contributed by atoms with E-state index < -0.39 is 5.92 Å². The fourth-order valence-electron chi connectivity index (χ4n) is 1.67. The van der Waals surface area contributed by atoms with Gasteiger partial charge in [-0.3, -0.25) is 4.79 Å². The van der Waals surface area contributed by atoms with Crippen molar-refractivity contribution in [1.82, 2.24) is 5.32 Å². The summed E-state index contributed by atoms with van der Waals surface area (Å²) in [5.41, 5.74) is 1.01. The molecule has 1 amide bonds. The normalized spacial score (nSPS) is 13.8. The Labute approximate surface area is 116 Å². The van der Waals surface area contributed by atoms with Gasteiger partial charge in [-0.25, -0.2) is 0 Å². The molecule has 0 aliphatic rings. The standard InChI is InChI=1S/C14H17BrN2O/c1-9(2)13(8-16)14(18)17-10(3)11-5-4-6-12(15)7-11/h4-7,9-10,13H,1-3H3,(H,17,18). The summed E-state index contributed by atoms with van der Waals surface area (Å²) in [6, 6.07) is 9.71. The molecule has 18 heavy (non-hydrogen) atoms. The van der Waals surface area contributed by atoms with Crippen molar-refractivity contribution in [3.05, 3.63) is 34.3 Å². The molecule has 0 heterocycles. The van der Waals surface area contributed by atoms with Crippen LogP contribution in [0.15, 0.2) is 28.7 Å². The molecule has 1 rings (SSSR count). The van der Waals surface area contributed by atoms with Crippen LogP contribution in [0.5, 0.6) is 0 Å². The van der Waals surface area contributed by atoms with Crippen LogP contribution in [-0.2, 0) is 4.79 Å². The van der Waals surface area contributed by atoms with Crippen molar-refractivity contribution in [3.8, 4) is 6.07 Å². The number of hydrogen-bond donors (Lipinski definition) is 1. The zero-order valence-corrected chi connectivity index (χ0v) is 12.4. The Balaban J connectivity index is 2.74. The second-order valence-electron chi connectivity index (χ2n) is 4.64. The van der Waals surface area contributed by atoms with E-state index in [1.54, 1.807) is 0 Å². The minimum Gasteiger partial charge on any atom is -0.348 e. The fraction of sp³-hybridized carbons (Fsp3) is 0.429. The minimum atomic E-state index is -0.598. The van der Waals surface area contributed by atoms with Crippen LogP contribution >= 0.6 is 15.9 Å². The second kappa shape index (κ2) is 6.55. The molecule has 0 spiro atoms. The molecule has 0 aliphatic carbocycles. The van der Waals surface area contributed by atoms with E-state index in [1.165, 1.54) is 0 Å². The van der Waals surface area contributed by atoms with Crippen molar-refractivity contribution >= 4 is 21.8 Å². The Morgan fingerprint density at radius 1 is 1.39 bits per heavy atom. The molecular formula is C14H17BrN2O. The number of carbonyl (C=O) groups excluding carboxylic acids is 1. The molecule has 1 N–H and O–H groups in total. The lowest BCUT2D eigenvalue weighted by molar-refractivity contribution is -0.125. The molecule has 0 bridgehead atoms. The third-order valence-electron chi connectivity index (χ3n) is 2.80. The first kappa shape index (κ1) is 14.7. The van der Waals surface area contributed by atoms with Gasteiger partial charge in [-0.15, -0.1) is 0 Å². The third kappa shape index (κ3) is 3.85. The predicted octanol–water partition coefficient (Wildman–Crippen LogP) is 3.42. The van der Waals surface area contributed by atoms with E-state index in [-0.39, 0.29) is 17.9 Å². The van der Waals surface area contributed by atoms with Crippen LogP contribution in [0, 0.1) is 23.2 Å². The highest BCUT2D eigenvalue weighted by Gasteiger charge is 2.23. The molecule has 0 fully saturated rings. The first-order valence-corrected chi connectivity index (χ1v) is 6.70. The highest BCUT2D eigenvalue weighted by molar-refractivity contribution is 9.10. The van der Waals surface area contributed by atoms with Gasteiger partial charge in [-0.05, 0) is 30.5 Å². The molecule has 2 atom stereocenters. The number of nitrogens with one attached hydrogen (secondary N) is 1. The highest BCUT2D eigenvalue weighted by Crippen LogP contribution is 2.19. The van der Waals surface area contributed by atoms with E-state index in [9.17, 15) is 4.79 Å². The minimum absolute atomic E-state index is 0.0182. The molecule has 0 saturated heterocycles. The number of amides is 1. The summed E-state index contributed by atoms with van der Waals surface area (Å²) < 4.78 is 0.974. The zero-order valence-electron chi connectivity index (χ0n) is 10.8. The summed E-state index contributed by atoms with van der Waals surface area (Å²) in [6.45, 7) is 5.66. The van der Waals surface area contributed by atoms with E-state index in [0.717, 1.165) is 10.0 Å². The van der Waals surface area contributed by atoms with E-state index in [2.05, 4.69) is 21.2 Å². The van der Waals surface area contributed by atoms with Gasteiger partial charge < -0.3 is 5.32 Å². The monoisotopic (exact) mass is 308 g/mol. The smallest absolute Gasteiger partial charge is 0.238 e. The summed E-state index contributed by atoms with van der Waals surface area (Å²) in [5, 5.41) is 11.8. The maximum atomic E-state index is 11.9. The van der Waals surface area contributed by atoms with Gasteiger partial charge in [-0.2, -0.15) is 5.26 Å². The molecule has 0 radical (unpaired) electrons. The Hall–Kier alpha value is -1.34. The van der Waals surface area contributed by atoms with Crippen molar-refractivity contribution in [2.75, 3.05) is 0 Å². The van der Waals surface area contributed by atoms with Gasteiger partial charge in [0.05, 0.1) is 12.1 Å². The maximum Gasteiger partial charge on any atom is 0.238 e. The van der Waals surface area contributed by atoms with Gasteiger partial charge in [-0.1, -0.05) is 41.9 Å². The molecule has 0 aromatic heterocycles. The molecule has 0 saturated carbocycles. The molecule has 3 nitrogen and oxygen atoms in total. The maximum absolute atomic E-state index is 11.9. The number of benzene rings is 1. The lowest BCUT2D eigenvalue weighted by atomic mass is 9.96. The summed E-state index contributed by atoms with van der Waals surface area (Å²) >= 11 is 3.40. The molecule has 1 aromatic rings. The van der Waals surface area contributed by atoms with Crippen molar-refractivity contribution in [1.29, 1.82) is 5.26 Å². The van der Waals surface area contributed by atoms with Crippen LogP contribution in [-0.4, -0.2) is 5.91 Å². The summed E-state index contributed by atoms with van der Waals surface area (Å²) in [4.78, 5) is 11.9. The first-order chi connectivity index (χ1) is 8.45. The molecule has 0 aliphatic heterocycles. The second-order valence-corrected chi connectivity index (χ2v) is 5.55. The van der Waals surface area contributed by atoms with Crippen molar-refractivity contribution in [2.24, 2.45) is 11.8 Å². The van der Waals surface area contributed by atoms with Crippen molar-refractivity contribution in [2.45, 2.75) is 26.8 Å². The first-order valence-electron chi connectivity index (χ1n) is 5.91. The number of hydrogen-bond acceptors (Lipinski definition) is 2. The largest absolute Gasteiger partial charge is 0.348 e. The number of rotatable bonds is 4. The van der Waals surface area contributed by atoms with Crippen LogP contribution in [0.2, 0.25) is 0 Å². The lowest BCUT2D eigenvalue weighted by Gasteiger charge is -2.18. The van der Waals surface area contributed by atoms with Crippen LogP contribution < -0.4 is 5.32 Å². The van der Waals surface area contributed by atoms with E-state index >= 15 is 0 Å². The third-order valence-corrected chi connectivity index (χ3v) is 3.29. The van der Waals surface area contributed by atoms with Gasteiger partial charge in [0.25, 0.3) is 0 Å². The van der Waals surface area contributed by atoms with Crippen LogP contribution in [0.4, 0.5) is 0 Å². The molecule has 1 aromatic carbocycles. The Morgan fingerprint density at radius 3 is 2.56 bits per heavy atom. The molecule has 2 unspecified atom stereocenters. The topological polar surface area (TPSA) is 52.9 Å². The van der Waals surface area contributed by atoms with Crippen LogP contribution in [0.3, 0.4) is 0 Å². The van der Waals surface area contributed by atoms with Gasteiger partial charge in [0.1, 0.15) is 5.92 Å². The number of halogens is 1. The number of nitrogens with zero attached hydrogens (tertiary/aromatic N) is 1. The SMILES string of the molecule is CC(NC(=O)C(C#N)C(C)C)c1cccc(Br)c1. The average Bonchev–Trinajstić information content (AvgIpc) is 2.29. The quantitative estimate of drug-likeness (QED) is 0.926. The van der Waals surface area contributed by atoms with Gasteiger partial charge >= 0.3 is 0 Å². The van der Waals surface area contributed by atoms with Crippen molar-refractivity contribution < 1.29 is 4.79 Å². The van der Waals surface area contributed by atoms with Gasteiger partial charge in [0, 0.05) is 4.47 Å². The van der Waals surface area contributed by atoms with Crippen LogP contribution in [0.25, 0.3) is 0 Å². The van der Waals surface area contributed by atoms with Crippen molar-refractivity contribution in [3.63, 3.8) is 0 Å². The highest BCUT2D eigenvalue weighted by atomic mass is 79.9. The Kier molecular flexibility index (Phi) is 5.36. The van der Waals surface area contributed by atoms with Crippen LogP contribution in [0.1, 0.15) is 32.4 Å². The number of nitriles is 1. The number of carbonyl (C=O) groups is 1. The van der Waals surface area contributed by atoms with Gasteiger partial charge in [0.2, 0.25) is 5.91 Å². The fourth-order valence-corrected chi connectivity index (χ4v) is 2.09. The lowest BCUT2D eigenvalue weighted by Crippen LogP contribution is -2.34. The summed E-state index contributed by atoms with van der Waals surface area (Å²) in [5.74, 6) is -0.788. The summed E-state index contributed by atoms with van der Waals surface area (Å²) in [6.07, 6.45) is 0. The van der Waals surface area contributed by atoms with Gasteiger partial charge in [0.15, 0.2) is 0 Å². The molecule has 96 valence electrons. The predicted molar refractivity (Wildman–Crippen MR) is 74.6 cm³/mol. The van der Waals surface area contributed by atoms with E-state index in [0.29, 0.717) is 0 Å². The molecular weight excluding hydrogens is 292 g/mol. The average molecular weight is 309 g/mol. The Bertz CT molecular complexity index is 465. The van der Waals surface area contributed by atoms with E-state index in [4.69, 9.17) is 5.26 Å². The molecule has 4 heteroatoms. The zero-order chi connectivity index (χ0) is 13.7. The Morgan fingerprint density at radius 2 is 2.06 bits per heavy atom. The van der Waals surface area contributed by atoms with E-state index in [1.807, 2.05) is 51.1 Å².